The highest BCUT2D eigenvalue weighted by Gasteiger charge is 2.00. The van der Waals surface area contributed by atoms with E-state index in [-0.39, 0.29) is 11.7 Å². The Balaban J connectivity index is 4.17. The molecule has 0 spiro atoms. The highest BCUT2D eigenvalue weighted by atomic mass is 35.5. The lowest BCUT2D eigenvalue weighted by molar-refractivity contribution is 0.520. The second-order valence-electron chi connectivity index (χ2n) is 2.36. The van der Waals surface area contributed by atoms with Gasteiger partial charge < -0.3 is 0 Å². The van der Waals surface area contributed by atoms with Crippen molar-refractivity contribution in [1.29, 1.82) is 0 Å². The highest BCUT2D eigenvalue weighted by Crippen LogP contribution is 2.15. The quantitative estimate of drug-likeness (QED) is 0.544. The Labute approximate surface area is 66.4 Å². The Bertz CT molecular complexity index is 157. The van der Waals surface area contributed by atoms with E-state index in [4.69, 9.17) is 11.6 Å². The molecule has 0 atom stereocenters. The van der Waals surface area contributed by atoms with Crippen molar-refractivity contribution in [3.8, 4) is 0 Å². The normalized spacial score (nSPS) is 14.6. The lowest BCUT2D eigenvalue weighted by Crippen LogP contribution is -1.86. The summed E-state index contributed by atoms with van der Waals surface area (Å²) in [5.74, 6) is -0.253. The Kier molecular flexibility index (Phi) is 4.37. The largest absolute Gasteiger partial charge is 0.211 e. The van der Waals surface area contributed by atoms with Crippen molar-refractivity contribution in [3.63, 3.8) is 0 Å². The van der Waals surface area contributed by atoms with Crippen LogP contribution in [0.5, 0.6) is 0 Å². The van der Waals surface area contributed by atoms with Crippen LogP contribution in [0, 0.1) is 5.92 Å². The third kappa shape index (κ3) is 3.67. The summed E-state index contributed by atoms with van der Waals surface area (Å²) in [5, 5.41) is 0.450. The molecule has 58 valence electrons. The van der Waals surface area contributed by atoms with Crippen LogP contribution in [0.15, 0.2) is 23.0 Å². The SMILES string of the molecule is C/C=C(Cl)\C=C(\F)C(C)C. The number of halogens is 2. The van der Waals surface area contributed by atoms with Crippen molar-refractivity contribution >= 4 is 11.6 Å². The Morgan fingerprint density at radius 3 is 2.30 bits per heavy atom. The maximum atomic E-state index is 12.7. The minimum absolute atomic E-state index is 0.0753. The van der Waals surface area contributed by atoms with Gasteiger partial charge in [-0.1, -0.05) is 31.5 Å². The molecule has 0 aromatic heterocycles. The van der Waals surface area contributed by atoms with Crippen LogP contribution in [0.4, 0.5) is 4.39 Å². The standard InChI is InChI=1S/C8H12ClF/c1-4-7(9)5-8(10)6(2)3/h4-6H,1-3H3/b7-4+,8-5+. The molecule has 0 aliphatic heterocycles. The molecular formula is C8H12ClF. The first kappa shape index (κ1) is 9.70. The molecule has 0 unspecified atom stereocenters. The number of rotatable bonds is 2. The van der Waals surface area contributed by atoms with E-state index in [0.717, 1.165) is 0 Å². The minimum atomic E-state index is -0.178. The summed E-state index contributed by atoms with van der Waals surface area (Å²) in [5.41, 5.74) is 0. The third-order valence-corrected chi connectivity index (χ3v) is 1.43. The van der Waals surface area contributed by atoms with Crippen molar-refractivity contribution in [2.75, 3.05) is 0 Å². The van der Waals surface area contributed by atoms with Crippen LogP contribution >= 0.6 is 11.6 Å². The molecule has 10 heavy (non-hydrogen) atoms. The lowest BCUT2D eigenvalue weighted by Gasteiger charge is -1.98. The van der Waals surface area contributed by atoms with Crippen molar-refractivity contribution in [1.82, 2.24) is 0 Å². The number of hydrogen-bond donors (Lipinski definition) is 0. The Hall–Kier alpha value is -0.300. The van der Waals surface area contributed by atoms with Crippen LogP contribution in [0.1, 0.15) is 20.8 Å². The van der Waals surface area contributed by atoms with Gasteiger partial charge in [-0.3, -0.25) is 0 Å². The number of allylic oxidation sites excluding steroid dienone is 4. The lowest BCUT2D eigenvalue weighted by atomic mass is 10.2. The van der Waals surface area contributed by atoms with Gasteiger partial charge in [-0.2, -0.15) is 0 Å². The summed E-state index contributed by atoms with van der Waals surface area (Å²) in [6, 6.07) is 0. The maximum absolute atomic E-state index is 12.7. The molecule has 0 nitrogen and oxygen atoms in total. The summed E-state index contributed by atoms with van der Waals surface area (Å²) in [4.78, 5) is 0. The van der Waals surface area contributed by atoms with Crippen molar-refractivity contribution in [3.05, 3.63) is 23.0 Å². The highest BCUT2D eigenvalue weighted by molar-refractivity contribution is 6.31. The van der Waals surface area contributed by atoms with Gasteiger partial charge in [-0.05, 0) is 13.0 Å². The second kappa shape index (κ2) is 4.51. The van der Waals surface area contributed by atoms with Gasteiger partial charge in [0.2, 0.25) is 0 Å². The summed E-state index contributed by atoms with van der Waals surface area (Å²) in [6.07, 6.45) is 3.00. The Morgan fingerprint density at radius 1 is 1.50 bits per heavy atom. The number of hydrogen-bond acceptors (Lipinski definition) is 0. The molecule has 2 heteroatoms. The second-order valence-corrected chi connectivity index (χ2v) is 2.79. The van der Waals surface area contributed by atoms with Crippen molar-refractivity contribution in [2.24, 2.45) is 5.92 Å². The maximum Gasteiger partial charge on any atom is 0.104 e. The molecule has 0 bridgehead atoms. The monoisotopic (exact) mass is 162 g/mol. The molecule has 0 radical (unpaired) electrons. The fourth-order valence-electron chi connectivity index (χ4n) is 0.382. The molecule has 0 fully saturated rings. The molecule has 0 saturated heterocycles. The predicted molar refractivity (Wildman–Crippen MR) is 43.6 cm³/mol. The van der Waals surface area contributed by atoms with Gasteiger partial charge in [-0.25, -0.2) is 4.39 Å². The molecular weight excluding hydrogens is 151 g/mol. The predicted octanol–water partition coefficient (Wildman–Crippen LogP) is 3.64. The molecule has 0 aromatic carbocycles. The molecule has 0 N–H and O–H groups in total. The summed E-state index contributed by atoms with van der Waals surface area (Å²) in [6.45, 7) is 5.34. The van der Waals surface area contributed by atoms with Crippen molar-refractivity contribution < 1.29 is 4.39 Å². The smallest absolute Gasteiger partial charge is 0.104 e. The molecule has 0 aliphatic carbocycles. The van der Waals surface area contributed by atoms with E-state index >= 15 is 0 Å². The van der Waals surface area contributed by atoms with Gasteiger partial charge in [0.25, 0.3) is 0 Å². The fourth-order valence-corrected chi connectivity index (χ4v) is 0.486. The first-order valence-electron chi connectivity index (χ1n) is 3.26. The molecule has 0 rings (SSSR count). The van der Waals surface area contributed by atoms with Crippen LogP contribution in [0.3, 0.4) is 0 Å². The Morgan fingerprint density at radius 2 is 2.00 bits per heavy atom. The van der Waals surface area contributed by atoms with Gasteiger partial charge in [-0.15, -0.1) is 0 Å². The topological polar surface area (TPSA) is 0 Å². The summed E-state index contributed by atoms with van der Waals surface area (Å²) in [7, 11) is 0. The minimum Gasteiger partial charge on any atom is -0.211 e. The van der Waals surface area contributed by atoms with E-state index in [1.54, 1.807) is 26.8 Å². The van der Waals surface area contributed by atoms with E-state index < -0.39 is 0 Å². The zero-order chi connectivity index (χ0) is 8.15. The van der Waals surface area contributed by atoms with Crippen LogP contribution in [-0.4, -0.2) is 0 Å². The van der Waals surface area contributed by atoms with Crippen molar-refractivity contribution in [2.45, 2.75) is 20.8 Å². The van der Waals surface area contributed by atoms with Crippen LogP contribution < -0.4 is 0 Å². The molecule has 0 saturated carbocycles. The van der Waals surface area contributed by atoms with E-state index in [1.807, 2.05) is 0 Å². The molecule has 0 aromatic rings. The van der Waals surface area contributed by atoms with Gasteiger partial charge in [0.15, 0.2) is 0 Å². The van der Waals surface area contributed by atoms with Gasteiger partial charge in [0, 0.05) is 11.0 Å². The van der Waals surface area contributed by atoms with E-state index in [0.29, 0.717) is 5.03 Å². The zero-order valence-electron chi connectivity index (χ0n) is 6.49. The first-order chi connectivity index (χ1) is 4.57. The molecule has 0 heterocycles. The van der Waals surface area contributed by atoms with Gasteiger partial charge in [0.1, 0.15) is 5.83 Å². The molecule has 0 aliphatic rings. The van der Waals surface area contributed by atoms with E-state index in [2.05, 4.69) is 0 Å². The third-order valence-electron chi connectivity index (χ3n) is 1.10. The molecule has 0 amide bonds. The van der Waals surface area contributed by atoms with Crippen LogP contribution in [0.25, 0.3) is 0 Å². The van der Waals surface area contributed by atoms with Crippen LogP contribution in [-0.2, 0) is 0 Å². The fraction of sp³-hybridized carbons (Fsp3) is 0.500. The van der Waals surface area contributed by atoms with Crippen LogP contribution in [0.2, 0.25) is 0 Å². The average Bonchev–Trinajstić information content (AvgIpc) is 1.87. The first-order valence-corrected chi connectivity index (χ1v) is 3.64. The van der Waals surface area contributed by atoms with E-state index in [9.17, 15) is 4.39 Å². The average molecular weight is 163 g/mol. The van der Waals surface area contributed by atoms with Gasteiger partial charge >= 0.3 is 0 Å². The zero-order valence-corrected chi connectivity index (χ0v) is 7.24. The summed E-state index contributed by atoms with van der Waals surface area (Å²) < 4.78 is 12.7. The van der Waals surface area contributed by atoms with E-state index in [1.165, 1.54) is 6.08 Å². The summed E-state index contributed by atoms with van der Waals surface area (Å²) >= 11 is 5.55. The van der Waals surface area contributed by atoms with Gasteiger partial charge in [0.05, 0.1) is 0 Å².